The van der Waals surface area contributed by atoms with E-state index in [1.807, 2.05) is 0 Å². The standard InChI is InChI=1S/C15H29N3O.HI/c1-4-16-15(17-9-5-13(2)3)18-10-6-14-7-11-19-12-8-14;/h7,13H,4-6,8-12H2,1-3H3,(H2,16,17,18);1H. The maximum atomic E-state index is 5.31. The highest BCUT2D eigenvalue weighted by atomic mass is 127. The van der Waals surface area contributed by atoms with E-state index >= 15 is 0 Å². The number of aliphatic imine (C=N–C) groups is 1. The third-order valence-electron chi connectivity index (χ3n) is 3.12. The summed E-state index contributed by atoms with van der Waals surface area (Å²) in [6.07, 6.45) is 5.49. The van der Waals surface area contributed by atoms with Crippen molar-refractivity contribution in [2.24, 2.45) is 10.9 Å². The summed E-state index contributed by atoms with van der Waals surface area (Å²) >= 11 is 0. The lowest BCUT2D eigenvalue weighted by atomic mass is 10.1. The molecule has 0 atom stereocenters. The number of guanidine groups is 1. The van der Waals surface area contributed by atoms with Gasteiger partial charge in [-0.25, -0.2) is 0 Å². The van der Waals surface area contributed by atoms with E-state index in [1.54, 1.807) is 0 Å². The van der Waals surface area contributed by atoms with Crippen molar-refractivity contribution in [1.82, 2.24) is 10.6 Å². The maximum absolute atomic E-state index is 5.31. The van der Waals surface area contributed by atoms with E-state index in [0.29, 0.717) is 5.92 Å². The second-order valence-corrected chi connectivity index (χ2v) is 5.31. The van der Waals surface area contributed by atoms with E-state index in [4.69, 9.17) is 4.74 Å². The van der Waals surface area contributed by atoms with Gasteiger partial charge in [-0.15, -0.1) is 24.0 Å². The minimum atomic E-state index is 0. The van der Waals surface area contributed by atoms with Crippen LogP contribution in [0, 0.1) is 5.92 Å². The van der Waals surface area contributed by atoms with Crippen molar-refractivity contribution in [3.63, 3.8) is 0 Å². The average molecular weight is 395 g/mol. The summed E-state index contributed by atoms with van der Waals surface area (Å²) in [4.78, 5) is 4.59. The first-order valence-electron chi connectivity index (χ1n) is 7.50. The minimum absolute atomic E-state index is 0. The Bertz CT molecular complexity index is 303. The van der Waals surface area contributed by atoms with Gasteiger partial charge in [-0.1, -0.05) is 25.5 Å². The van der Waals surface area contributed by atoms with Crippen LogP contribution in [0.1, 0.15) is 40.0 Å². The van der Waals surface area contributed by atoms with Crippen LogP contribution in [0.15, 0.2) is 16.6 Å². The monoisotopic (exact) mass is 395 g/mol. The molecule has 1 rings (SSSR count). The summed E-state index contributed by atoms with van der Waals surface area (Å²) < 4.78 is 5.31. The van der Waals surface area contributed by atoms with Crippen LogP contribution in [-0.2, 0) is 4.74 Å². The molecule has 20 heavy (non-hydrogen) atoms. The molecule has 5 heteroatoms. The molecule has 0 spiro atoms. The molecule has 0 aliphatic carbocycles. The third-order valence-corrected chi connectivity index (χ3v) is 3.12. The summed E-state index contributed by atoms with van der Waals surface area (Å²) in [6.45, 7) is 10.9. The Morgan fingerprint density at radius 1 is 1.40 bits per heavy atom. The molecular formula is C15H30IN3O. The zero-order valence-electron chi connectivity index (χ0n) is 13.1. The average Bonchev–Trinajstić information content (AvgIpc) is 2.39. The smallest absolute Gasteiger partial charge is 0.191 e. The van der Waals surface area contributed by atoms with Crippen LogP contribution in [0.25, 0.3) is 0 Å². The highest BCUT2D eigenvalue weighted by Crippen LogP contribution is 2.10. The number of nitrogens with one attached hydrogen (secondary N) is 2. The number of rotatable bonds is 7. The maximum Gasteiger partial charge on any atom is 0.191 e. The van der Waals surface area contributed by atoms with Crippen molar-refractivity contribution < 1.29 is 4.74 Å². The summed E-state index contributed by atoms with van der Waals surface area (Å²) in [5.41, 5.74) is 1.50. The van der Waals surface area contributed by atoms with Gasteiger partial charge in [-0.05, 0) is 32.1 Å². The fourth-order valence-electron chi connectivity index (χ4n) is 1.91. The van der Waals surface area contributed by atoms with Crippen molar-refractivity contribution >= 4 is 29.9 Å². The minimum Gasteiger partial charge on any atom is -0.377 e. The van der Waals surface area contributed by atoms with Gasteiger partial charge in [0.2, 0.25) is 0 Å². The number of halogens is 1. The van der Waals surface area contributed by atoms with Gasteiger partial charge in [0.15, 0.2) is 5.96 Å². The van der Waals surface area contributed by atoms with Crippen LogP contribution in [0.2, 0.25) is 0 Å². The zero-order chi connectivity index (χ0) is 13.9. The van der Waals surface area contributed by atoms with E-state index in [2.05, 4.69) is 42.5 Å². The predicted octanol–water partition coefficient (Wildman–Crippen LogP) is 2.94. The number of hydrogen-bond donors (Lipinski definition) is 2. The summed E-state index contributed by atoms with van der Waals surface area (Å²) in [7, 11) is 0. The van der Waals surface area contributed by atoms with Crippen LogP contribution in [0.4, 0.5) is 0 Å². The highest BCUT2D eigenvalue weighted by Gasteiger charge is 2.04. The lowest BCUT2D eigenvalue weighted by Crippen LogP contribution is -2.38. The van der Waals surface area contributed by atoms with Gasteiger partial charge >= 0.3 is 0 Å². The first kappa shape index (κ1) is 19.7. The molecule has 0 saturated heterocycles. The molecule has 2 N–H and O–H groups in total. The Morgan fingerprint density at radius 3 is 2.80 bits per heavy atom. The number of hydrogen-bond acceptors (Lipinski definition) is 2. The van der Waals surface area contributed by atoms with Gasteiger partial charge in [-0.3, -0.25) is 4.99 Å². The first-order valence-corrected chi connectivity index (χ1v) is 7.50. The topological polar surface area (TPSA) is 45.7 Å². The van der Waals surface area contributed by atoms with E-state index in [9.17, 15) is 0 Å². The van der Waals surface area contributed by atoms with Gasteiger partial charge in [0, 0.05) is 19.6 Å². The summed E-state index contributed by atoms with van der Waals surface area (Å²) in [6, 6.07) is 0. The SMILES string of the molecule is CCNC(=NCCC(C)C)NCCC1=CCOCC1.I. The van der Waals surface area contributed by atoms with Crippen LogP contribution in [0.5, 0.6) is 0 Å². The van der Waals surface area contributed by atoms with Gasteiger partial charge in [0.05, 0.1) is 13.2 Å². The molecule has 0 fully saturated rings. The van der Waals surface area contributed by atoms with Crippen molar-refractivity contribution in [2.45, 2.75) is 40.0 Å². The molecule has 4 nitrogen and oxygen atoms in total. The Hall–Kier alpha value is -0.300. The van der Waals surface area contributed by atoms with E-state index < -0.39 is 0 Å². The third kappa shape index (κ3) is 9.58. The van der Waals surface area contributed by atoms with Gasteiger partial charge in [0.1, 0.15) is 0 Å². The normalized spacial score (nSPS) is 15.6. The fourth-order valence-corrected chi connectivity index (χ4v) is 1.91. The predicted molar refractivity (Wildman–Crippen MR) is 97.0 cm³/mol. The molecule has 0 unspecified atom stereocenters. The van der Waals surface area contributed by atoms with Crippen molar-refractivity contribution in [1.29, 1.82) is 0 Å². The number of ether oxygens (including phenoxy) is 1. The first-order chi connectivity index (χ1) is 9.22. The zero-order valence-corrected chi connectivity index (χ0v) is 15.4. The molecule has 1 aliphatic rings. The largest absolute Gasteiger partial charge is 0.377 e. The molecule has 118 valence electrons. The quantitative estimate of drug-likeness (QED) is 0.302. The van der Waals surface area contributed by atoms with Gasteiger partial charge in [0.25, 0.3) is 0 Å². The molecule has 0 radical (unpaired) electrons. The van der Waals surface area contributed by atoms with E-state index in [1.165, 1.54) is 5.57 Å². The van der Waals surface area contributed by atoms with Crippen LogP contribution in [-0.4, -0.2) is 38.8 Å². The molecule has 0 bridgehead atoms. The van der Waals surface area contributed by atoms with Crippen LogP contribution in [0.3, 0.4) is 0 Å². The molecule has 0 aromatic heterocycles. The Morgan fingerprint density at radius 2 is 2.20 bits per heavy atom. The van der Waals surface area contributed by atoms with Crippen LogP contribution < -0.4 is 10.6 Å². The second-order valence-electron chi connectivity index (χ2n) is 5.31. The Balaban J connectivity index is 0.00000361. The molecular weight excluding hydrogens is 365 g/mol. The van der Waals surface area contributed by atoms with Crippen molar-refractivity contribution in [2.75, 3.05) is 32.8 Å². The lowest BCUT2D eigenvalue weighted by molar-refractivity contribution is 0.153. The lowest BCUT2D eigenvalue weighted by Gasteiger charge is -2.15. The number of nitrogens with zero attached hydrogens (tertiary/aromatic N) is 1. The van der Waals surface area contributed by atoms with Crippen LogP contribution >= 0.6 is 24.0 Å². The van der Waals surface area contributed by atoms with E-state index in [0.717, 1.165) is 58.1 Å². The molecule has 0 aromatic rings. The molecule has 0 aromatic carbocycles. The molecule has 0 amide bonds. The molecule has 1 aliphatic heterocycles. The highest BCUT2D eigenvalue weighted by molar-refractivity contribution is 14.0. The van der Waals surface area contributed by atoms with Crippen molar-refractivity contribution in [3.8, 4) is 0 Å². The van der Waals surface area contributed by atoms with Gasteiger partial charge in [-0.2, -0.15) is 0 Å². The molecule has 1 heterocycles. The van der Waals surface area contributed by atoms with Gasteiger partial charge < -0.3 is 15.4 Å². The second kappa shape index (κ2) is 12.4. The summed E-state index contributed by atoms with van der Waals surface area (Å²) in [5, 5.41) is 6.69. The van der Waals surface area contributed by atoms with E-state index in [-0.39, 0.29) is 24.0 Å². The molecule has 0 saturated carbocycles. The Kier molecular flexibility index (Phi) is 12.3. The Labute approximate surface area is 140 Å². The van der Waals surface area contributed by atoms with Crippen molar-refractivity contribution in [3.05, 3.63) is 11.6 Å². The summed E-state index contributed by atoms with van der Waals surface area (Å²) in [5.74, 6) is 1.65. The fraction of sp³-hybridized carbons (Fsp3) is 0.800.